The van der Waals surface area contributed by atoms with E-state index in [1.54, 1.807) is 6.07 Å². The van der Waals surface area contributed by atoms with Gasteiger partial charge in [-0.3, -0.25) is 4.79 Å². The Morgan fingerprint density at radius 1 is 1.03 bits per heavy atom. The molecule has 0 radical (unpaired) electrons. The number of amides is 1. The molecule has 1 N–H and O–H groups in total. The third-order valence-electron chi connectivity index (χ3n) is 4.57. The number of carbonyl (C=O) groups excluding carboxylic acids is 1. The van der Waals surface area contributed by atoms with Crippen molar-refractivity contribution in [3.63, 3.8) is 0 Å². The lowest BCUT2D eigenvalue weighted by molar-refractivity contribution is -0.137. The number of nitrogens with one attached hydrogen (secondary N) is 1. The van der Waals surface area contributed by atoms with Crippen molar-refractivity contribution in [2.45, 2.75) is 6.18 Å². The van der Waals surface area contributed by atoms with Crippen molar-refractivity contribution in [3.05, 3.63) is 47.5 Å². The molecule has 29 heavy (non-hydrogen) atoms. The summed E-state index contributed by atoms with van der Waals surface area (Å²) < 4.78 is 55.2. The fourth-order valence-corrected chi connectivity index (χ4v) is 3.06. The summed E-state index contributed by atoms with van der Waals surface area (Å²) >= 11 is 0. The van der Waals surface area contributed by atoms with Crippen molar-refractivity contribution in [2.75, 3.05) is 50.7 Å². The topological polar surface area (TPSA) is 60.0 Å². The molecule has 1 amide bonds. The number of ether oxygens (including phenoxy) is 3. The second-order valence-electron chi connectivity index (χ2n) is 6.35. The van der Waals surface area contributed by atoms with Gasteiger partial charge in [0.2, 0.25) is 0 Å². The molecule has 0 bridgehead atoms. The molecule has 156 valence electrons. The van der Waals surface area contributed by atoms with E-state index in [4.69, 9.17) is 14.2 Å². The molecule has 0 aromatic heterocycles. The third kappa shape index (κ3) is 4.73. The van der Waals surface area contributed by atoms with Gasteiger partial charge in [0.15, 0.2) is 11.5 Å². The van der Waals surface area contributed by atoms with Crippen LogP contribution in [0.5, 0.6) is 11.5 Å². The van der Waals surface area contributed by atoms with Crippen LogP contribution in [-0.2, 0) is 10.9 Å². The van der Waals surface area contributed by atoms with Gasteiger partial charge in [-0.15, -0.1) is 0 Å². The predicted molar refractivity (Wildman–Crippen MR) is 102 cm³/mol. The third-order valence-corrected chi connectivity index (χ3v) is 4.57. The van der Waals surface area contributed by atoms with Crippen LogP contribution >= 0.6 is 0 Å². The molecule has 6 nitrogen and oxygen atoms in total. The van der Waals surface area contributed by atoms with E-state index in [2.05, 4.69) is 5.32 Å². The molecule has 0 saturated carbocycles. The quantitative estimate of drug-likeness (QED) is 0.812. The number of methoxy groups -OCH3 is 2. The first-order valence-corrected chi connectivity index (χ1v) is 8.91. The van der Waals surface area contributed by atoms with E-state index in [0.29, 0.717) is 43.5 Å². The minimum absolute atomic E-state index is 0.0847. The summed E-state index contributed by atoms with van der Waals surface area (Å²) in [5.41, 5.74) is -0.0123. The van der Waals surface area contributed by atoms with Crippen LogP contribution in [0.2, 0.25) is 0 Å². The number of alkyl halides is 3. The zero-order valence-corrected chi connectivity index (χ0v) is 16.0. The first kappa shape index (κ1) is 20.8. The molecule has 0 aliphatic carbocycles. The Labute approximate surface area is 166 Å². The molecule has 1 heterocycles. The maximum atomic E-state index is 13.2. The average Bonchev–Trinajstić information content (AvgIpc) is 2.73. The molecule has 9 heteroatoms. The highest BCUT2D eigenvalue weighted by Gasteiger charge is 2.32. The Morgan fingerprint density at radius 3 is 2.34 bits per heavy atom. The van der Waals surface area contributed by atoms with Gasteiger partial charge in [-0.2, -0.15) is 13.2 Å². The van der Waals surface area contributed by atoms with Crippen LogP contribution < -0.4 is 19.7 Å². The van der Waals surface area contributed by atoms with Gasteiger partial charge in [-0.1, -0.05) is 0 Å². The minimum Gasteiger partial charge on any atom is -0.493 e. The lowest BCUT2D eigenvalue weighted by Crippen LogP contribution is -2.36. The fraction of sp³-hybridized carbons (Fsp3) is 0.350. The summed E-state index contributed by atoms with van der Waals surface area (Å²) in [6, 6.07) is 7.87. The zero-order chi connectivity index (χ0) is 21.0. The maximum absolute atomic E-state index is 13.2. The molecule has 1 fully saturated rings. The Kier molecular flexibility index (Phi) is 6.17. The van der Waals surface area contributed by atoms with Crippen molar-refractivity contribution in [2.24, 2.45) is 0 Å². The highest BCUT2D eigenvalue weighted by atomic mass is 19.4. The molecule has 1 aliphatic rings. The van der Waals surface area contributed by atoms with E-state index in [1.807, 2.05) is 4.90 Å². The zero-order valence-electron chi connectivity index (χ0n) is 16.0. The smallest absolute Gasteiger partial charge is 0.416 e. The van der Waals surface area contributed by atoms with E-state index in [0.717, 1.165) is 12.1 Å². The van der Waals surface area contributed by atoms with Gasteiger partial charge < -0.3 is 24.4 Å². The van der Waals surface area contributed by atoms with E-state index in [9.17, 15) is 18.0 Å². The van der Waals surface area contributed by atoms with Crippen LogP contribution in [-0.4, -0.2) is 46.4 Å². The number of carbonyl (C=O) groups is 1. The van der Waals surface area contributed by atoms with Crippen molar-refractivity contribution in [1.29, 1.82) is 0 Å². The van der Waals surface area contributed by atoms with Crippen LogP contribution in [0.15, 0.2) is 36.4 Å². The summed E-state index contributed by atoms with van der Waals surface area (Å²) in [5.74, 6) is 0.231. The Hall–Kier alpha value is -2.94. The Bertz CT molecular complexity index is 881. The second-order valence-corrected chi connectivity index (χ2v) is 6.35. The number of nitrogens with zero attached hydrogens (tertiary/aromatic N) is 1. The molecular weight excluding hydrogens is 389 g/mol. The monoisotopic (exact) mass is 410 g/mol. The number of hydrogen-bond acceptors (Lipinski definition) is 5. The van der Waals surface area contributed by atoms with Crippen LogP contribution in [0, 0.1) is 0 Å². The molecule has 1 saturated heterocycles. The Balaban J connectivity index is 1.94. The average molecular weight is 410 g/mol. The van der Waals surface area contributed by atoms with E-state index < -0.39 is 17.6 Å². The SMILES string of the molecule is COc1ccc(C(=O)Nc2cc(C(F)(F)F)ccc2N2CCOCC2)cc1OC. The van der Waals surface area contributed by atoms with Crippen LogP contribution in [0.4, 0.5) is 24.5 Å². The molecule has 0 unspecified atom stereocenters. The van der Waals surface area contributed by atoms with Crippen LogP contribution in [0.25, 0.3) is 0 Å². The molecule has 0 spiro atoms. The summed E-state index contributed by atoms with van der Waals surface area (Å²) in [4.78, 5) is 14.6. The van der Waals surface area contributed by atoms with Gasteiger partial charge in [0.25, 0.3) is 5.91 Å². The summed E-state index contributed by atoms with van der Waals surface area (Å²) in [5, 5.41) is 2.61. The highest BCUT2D eigenvalue weighted by molar-refractivity contribution is 6.06. The summed E-state index contributed by atoms with van der Waals surface area (Å²) in [6.45, 7) is 1.96. The van der Waals surface area contributed by atoms with E-state index in [1.165, 1.54) is 32.4 Å². The first-order valence-electron chi connectivity index (χ1n) is 8.91. The minimum atomic E-state index is -4.52. The number of hydrogen-bond donors (Lipinski definition) is 1. The van der Waals surface area contributed by atoms with Crippen molar-refractivity contribution >= 4 is 17.3 Å². The second kappa shape index (κ2) is 8.60. The van der Waals surface area contributed by atoms with Crippen LogP contribution in [0.1, 0.15) is 15.9 Å². The van der Waals surface area contributed by atoms with Crippen molar-refractivity contribution < 1.29 is 32.2 Å². The fourth-order valence-electron chi connectivity index (χ4n) is 3.06. The number of morpholine rings is 1. The van der Waals surface area contributed by atoms with E-state index in [-0.39, 0.29) is 11.3 Å². The summed E-state index contributed by atoms with van der Waals surface area (Å²) in [6.07, 6.45) is -4.52. The number of rotatable bonds is 5. The molecular formula is C20H21F3N2O4. The van der Waals surface area contributed by atoms with Gasteiger partial charge in [-0.25, -0.2) is 0 Å². The van der Waals surface area contributed by atoms with Gasteiger partial charge in [-0.05, 0) is 36.4 Å². The molecule has 3 rings (SSSR count). The summed E-state index contributed by atoms with van der Waals surface area (Å²) in [7, 11) is 2.90. The number of anilines is 2. The van der Waals surface area contributed by atoms with Gasteiger partial charge in [0.05, 0.1) is 44.4 Å². The van der Waals surface area contributed by atoms with Gasteiger partial charge in [0.1, 0.15) is 0 Å². The lowest BCUT2D eigenvalue weighted by Gasteiger charge is -2.31. The van der Waals surface area contributed by atoms with Gasteiger partial charge in [0, 0.05) is 18.7 Å². The van der Waals surface area contributed by atoms with Crippen molar-refractivity contribution in [1.82, 2.24) is 0 Å². The molecule has 2 aromatic rings. The van der Waals surface area contributed by atoms with E-state index >= 15 is 0 Å². The highest BCUT2D eigenvalue weighted by Crippen LogP contribution is 2.36. The lowest BCUT2D eigenvalue weighted by atomic mass is 10.1. The normalized spacial score (nSPS) is 14.4. The van der Waals surface area contributed by atoms with Crippen LogP contribution in [0.3, 0.4) is 0 Å². The maximum Gasteiger partial charge on any atom is 0.416 e. The standard InChI is InChI=1S/C20H21F3N2O4/c1-27-17-6-3-13(11-18(17)28-2)19(26)24-15-12-14(20(21,22)23)4-5-16(15)25-7-9-29-10-8-25/h3-6,11-12H,7-10H2,1-2H3,(H,24,26). The molecule has 1 aliphatic heterocycles. The molecule has 2 aromatic carbocycles. The number of halogens is 3. The van der Waals surface area contributed by atoms with Gasteiger partial charge >= 0.3 is 6.18 Å². The Morgan fingerprint density at radius 2 is 1.72 bits per heavy atom. The predicted octanol–water partition coefficient (Wildman–Crippen LogP) is 3.81. The van der Waals surface area contributed by atoms with Crippen molar-refractivity contribution in [3.8, 4) is 11.5 Å². The number of benzene rings is 2. The largest absolute Gasteiger partial charge is 0.493 e. The molecule has 0 atom stereocenters. The first-order chi connectivity index (χ1) is 13.8.